The predicted octanol–water partition coefficient (Wildman–Crippen LogP) is 5.66. The number of aromatic nitrogens is 1. The molecule has 0 saturated carbocycles. The van der Waals surface area contributed by atoms with E-state index in [4.69, 9.17) is 4.74 Å². The fraction of sp³-hybridized carbons (Fsp3) is 0.393. The van der Waals surface area contributed by atoms with E-state index in [9.17, 15) is 18.0 Å². The molecule has 1 fully saturated rings. The Kier molecular flexibility index (Phi) is 8.15. The quantitative estimate of drug-likeness (QED) is 0.393. The molecule has 2 aromatic carbocycles. The van der Waals surface area contributed by atoms with Gasteiger partial charge in [0.15, 0.2) is 0 Å². The van der Waals surface area contributed by atoms with Crippen LogP contribution in [0, 0.1) is 0 Å². The van der Waals surface area contributed by atoms with Crippen LogP contribution in [0.15, 0.2) is 53.6 Å². The maximum Gasteiger partial charge on any atom is 0.414 e. The molecule has 0 bridgehead atoms. The standard InChI is InChI=1S/C28H34N4O5S2/c1-18(2)37-27(34)31(6)20-11-9-19(10-12-20)26-29-17-23(38-26)22-14-13-21(32-15-7-8-25(32)33)16-24(22)39(35,36)30-28(3,4)5/h9-14,16-18,30H,7-8,15H2,1-6H3. The monoisotopic (exact) mass is 570 g/mol. The number of hydrogen-bond acceptors (Lipinski definition) is 7. The minimum Gasteiger partial charge on any atom is -0.446 e. The number of anilines is 2. The van der Waals surface area contributed by atoms with E-state index in [-0.39, 0.29) is 16.9 Å². The van der Waals surface area contributed by atoms with Gasteiger partial charge in [0.2, 0.25) is 15.9 Å². The number of carbonyl (C=O) groups is 2. The number of thiazole rings is 1. The Bertz CT molecular complexity index is 1470. The third-order valence-corrected chi connectivity index (χ3v) is 8.84. The first-order valence-corrected chi connectivity index (χ1v) is 15.0. The van der Waals surface area contributed by atoms with Crippen LogP contribution in [0.25, 0.3) is 21.0 Å². The van der Waals surface area contributed by atoms with Gasteiger partial charge < -0.3 is 9.64 Å². The highest BCUT2D eigenvalue weighted by Crippen LogP contribution is 2.38. The second-order valence-corrected chi connectivity index (χ2v) is 13.4. The fourth-order valence-corrected chi connectivity index (χ4v) is 6.92. The van der Waals surface area contributed by atoms with Crippen LogP contribution in [-0.4, -0.2) is 50.6 Å². The second kappa shape index (κ2) is 11.1. The molecule has 9 nitrogen and oxygen atoms in total. The van der Waals surface area contributed by atoms with Gasteiger partial charge in [-0.1, -0.05) is 6.07 Å². The zero-order valence-corrected chi connectivity index (χ0v) is 24.6. The van der Waals surface area contributed by atoms with Crippen molar-refractivity contribution >= 4 is 44.7 Å². The molecule has 39 heavy (non-hydrogen) atoms. The molecule has 2 amide bonds. The molecule has 1 N–H and O–H groups in total. The Morgan fingerprint density at radius 1 is 1.15 bits per heavy atom. The second-order valence-electron chi connectivity index (χ2n) is 10.8. The van der Waals surface area contributed by atoms with Crippen molar-refractivity contribution in [2.45, 2.75) is 64.0 Å². The summed E-state index contributed by atoms with van der Waals surface area (Å²) in [5.74, 6) is -0.0125. The zero-order valence-electron chi connectivity index (χ0n) is 23.0. The van der Waals surface area contributed by atoms with Crippen LogP contribution >= 0.6 is 11.3 Å². The molecule has 1 saturated heterocycles. The topological polar surface area (TPSA) is 109 Å². The molecular formula is C28H34N4O5S2. The van der Waals surface area contributed by atoms with Gasteiger partial charge in [-0.2, -0.15) is 0 Å². The van der Waals surface area contributed by atoms with Gasteiger partial charge in [0.25, 0.3) is 0 Å². The molecule has 1 aliphatic heterocycles. The molecule has 0 atom stereocenters. The number of sulfonamides is 1. The van der Waals surface area contributed by atoms with Gasteiger partial charge in [0.05, 0.1) is 15.9 Å². The number of ether oxygens (including phenoxy) is 1. The maximum atomic E-state index is 13.5. The van der Waals surface area contributed by atoms with E-state index in [0.29, 0.717) is 39.8 Å². The number of amides is 2. The van der Waals surface area contributed by atoms with Gasteiger partial charge in [-0.05, 0) is 77.4 Å². The molecule has 1 aliphatic rings. The normalized spacial score (nSPS) is 14.2. The number of rotatable bonds is 7. The lowest BCUT2D eigenvalue weighted by atomic mass is 10.1. The summed E-state index contributed by atoms with van der Waals surface area (Å²) in [6.45, 7) is 9.51. The van der Waals surface area contributed by atoms with E-state index >= 15 is 0 Å². The lowest BCUT2D eigenvalue weighted by molar-refractivity contribution is -0.117. The van der Waals surface area contributed by atoms with Crippen molar-refractivity contribution in [3.63, 3.8) is 0 Å². The molecule has 208 valence electrons. The molecule has 4 rings (SSSR count). The highest BCUT2D eigenvalue weighted by Gasteiger charge is 2.29. The molecular weight excluding hydrogens is 536 g/mol. The number of hydrogen-bond donors (Lipinski definition) is 1. The lowest BCUT2D eigenvalue weighted by Gasteiger charge is -2.23. The third-order valence-electron chi connectivity index (χ3n) is 5.96. The molecule has 11 heteroatoms. The van der Waals surface area contributed by atoms with Crippen LogP contribution in [0.5, 0.6) is 0 Å². The molecule has 2 heterocycles. The molecule has 3 aromatic rings. The lowest BCUT2D eigenvalue weighted by Crippen LogP contribution is -2.40. The minimum absolute atomic E-state index is 0.0125. The average molecular weight is 571 g/mol. The van der Waals surface area contributed by atoms with Crippen LogP contribution in [0.4, 0.5) is 16.2 Å². The Labute approximate surface area is 233 Å². The van der Waals surface area contributed by atoms with E-state index in [1.54, 1.807) is 71.0 Å². The van der Waals surface area contributed by atoms with Crippen molar-refractivity contribution < 1.29 is 22.7 Å². The number of nitrogens with zero attached hydrogens (tertiary/aromatic N) is 3. The smallest absolute Gasteiger partial charge is 0.414 e. The van der Waals surface area contributed by atoms with Crippen molar-refractivity contribution in [1.82, 2.24) is 9.71 Å². The average Bonchev–Trinajstić information content (AvgIpc) is 3.51. The van der Waals surface area contributed by atoms with E-state index < -0.39 is 21.7 Å². The van der Waals surface area contributed by atoms with Crippen molar-refractivity contribution in [2.75, 3.05) is 23.4 Å². The van der Waals surface area contributed by atoms with E-state index in [0.717, 1.165) is 12.0 Å². The van der Waals surface area contributed by atoms with Crippen molar-refractivity contribution in [3.05, 3.63) is 48.7 Å². The van der Waals surface area contributed by atoms with Crippen LogP contribution in [0.1, 0.15) is 47.5 Å². The van der Waals surface area contributed by atoms with E-state index in [1.807, 2.05) is 24.3 Å². The first-order valence-electron chi connectivity index (χ1n) is 12.7. The summed E-state index contributed by atoms with van der Waals surface area (Å²) in [5, 5.41) is 0.704. The van der Waals surface area contributed by atoms with Crippen LogP contribution in [0.3, 0.4) is 0 Å². The third kappa shape index (κ3) is 6.66. The summed E-state index contributed by atoms with van der Waals surface area (Å²) >= 11 is 1.37. The Morgan fingerprint density at radius 3 is 2.44 bits per heavy atom. The number of benzene rings is 2. The summed E-state index contributed by atoms with van der Waals surface area (Å²) in [6, 6.07) is 12.4. The molecule has 0 radical (unpaired) electrons. The molecule has 0 aliphatic carbocycles. The summed E-state index contributed by atoms with van der Waals surface area (Å²) in [5.41, 5.74) is 1.90. The van der Waals surface area contributed by atoms with Crippen LogP contribution in [-0.2, 0) is 19.6 Å². The van der Waals surface area contributed by atoms with Gasteiger partial charge in [-0.3, -0.25) is 9.69 Å². The summed E-state index contributed by atoms with van der Waals surface area (Å²) < 4.78 is 35.0. The maximum absolute atomic E-state index is 13.5. The van der Waals surface area contributed by atoms with Gasteiger partial charge in [-0.15, -0.1) is 11.3 Å². The number of carbonyl (C=O) groups excluding carboxylic acids is 2. The highest BCUT2D eigenvalue weighted by atomic mass is 32.2. The van der Waals surface area contributed by atoms with Crippen LogP contribution in [0.2, 0.25) is 0 Å². The van der Waals surface area contributed by atoms with Crippen molar-refractivity contribution in [3.8, 4) is 21.0 Å². The molecule has 0 spiro atoms. The van der Waals surface area contributed by atoms with Crippen molar-refractivity contribution in [2.24, 2.45) is 0 Å². The van der Waals surface area contributed by atoms with Gasteiger partial charge in [-0.25, -0.2) is 22.9 Å². The highest BCUT2D eigenvalue weighted by molar-refractivity contribution is 7.89. The van der Waals surface area contributed by atoms with Crippen LogP contribution < -0.4 is 14.5 Å². The summed E-state index contributed by atoms with van der Waals surface area (Å²) in [4.78, 5) is 33.0. The van der Waals surface area contributed by atoms with E-state index in [1.165, 1.54) is 16.2 Å². The van der Waals surface area contributed by atoms with Crippen molar-refractivity contribution in [1.29, 1.82) is 0 Å². The van der Waals surface area contributed by atoms with E-state index in [2.05, 4.69) is 9.71 Å². The van der Waals surface area contributed by atoms with Gasteiger partial charge in [0.1, 0.15) is 5.01 Å². The Morgan fingerprint density at radius 2 is 1.85 bits per heavy atom. The fourth-order valence-electron chi connectivity index (χ4n) is 4.23. The molecule has 0 unspecified atom stereocenters. The summed E-state index contributed by atoms with van der Waals surface area (Å²) in [7, 11) is -2.27. The largest absolute Gasteiger partial charge is 0.446 e. The first-order chi connectivity index (χ1) is 18.2. The Balaban J connectivity index is 1.68. The Hall–Kier alpha value is -3.28. The zero-order chi connectivity index (χ0) is 28.5. The summed E-state index contributed by atoms with van der Waals surface area (Å²) in [6.07, 6.45) is 2.20. The molecule has 1 aromatic heterocycles. The van der Waals surface area contributed by atoms with Gasteiger partial charge >= 0.3 is 6.09 Å². The SMILES string of the molecule is CC(C)OC(=O)N(C)c1ccc(-c2ncc(-c3ccc(N4CCCC4=O)cc3S(=O)(=O)NC(C)(C)C)s2)cc1. The predicted molar refractivity (Wildman–Crippen MR) is 155 cm³/mol. The van der Waals surface area contributed by atoms with Gasteiger partial charge in [0, 0.05) is 54.3 Å². The first kappa shape index (κ1) is 28.7. The number of nitrogens with one attached hydrogen (secondary N) is 1. The minimum atomic E-state index is -3.91.